The highest BCUT2D eigenvalue weighted by Crippen LogP contribution is 2.15. The highest BCUT2D eigenvalue weighted by molar-refractivity contribution is 5.29. The molecule has 0 heterocycles. The average Bonchev–Trinajstić information content (AvgIpc) is 2.03. The largest absolute Gasteiger partial charge is 0.508 e. The van der Waals surface area contributed by atoms with E-state index in [1.54, 1.807) is 19.1 Å². The summed E-state index contributed by atoms with van der Waals surface area (Å²) in [5.41, 5.74) is 0. The summed E-state index contributed by atoms with van der Waals surface area (Å²) in [5, 5.41) is 17.8. The third kappa shape index (κ3) is 2.80. The molecule has 0 aliphatic carbocycles. The Balaban J connectivity index is 2.48. The van der Waals surface area contributed by atoms with Crippen molar-refractivity contribution in [1.82, 2.24) is 0 Å². The lowest BCUT2D eigenvalue weighted by Crippen LogP contribution is -2.12. The summed E-state index contributed by atoms with van der Waals surface area (Å²) < 4.78 is 5.16. The number of ether oxygens (including phenoxy) is 1. The monoisotopic (exact) mass is 168 g/mol. The fourth-order valence-electron chi connectivity index (χ4n) is 0.759. The van der Waals surface area contributed by atoms with Crippen molar-refractivity contribution >= 4 is 0 Å². The van der Waals surface area contributed by atoms with E-state index in [-0.39, 0.29) is 12.4 Å². The maximum atomic E-state index is 8.93. The van der Waals surface area contributed by atoms with E-state index in [9.17, 15) is 0 Å². The number of phenols is 1. The highest BCUT2D eigenvalue weighted by Gasteiger charge is 1.97. The second-order valence-corrected chi connectivity index (χ2v) is 2.65. The van der Waals surface area contributed by atoms with Gasteiger partial charge in [-0.1, -0.05) is 0 Å². The second-order valence-electron chi connectivity index (χ2n) is 2.65. The number of rotatable bonds is 3. The van der Waals surface area contributed by atoms with Crippen LogP contribution in [0.25, 0.3) is 0 Å². The zero-order valence-electron chi connectivity index (χ0n) is 6.90. The maximum absolute atomic E-state index is 8.93. The van der Waals surface area contributed by atoms with Gasteiger partial charge < -0.3 is 14.9 Å². The summed E-state index contributed by atoms with van der Waals surface area (Å²) in [6.45, 7) is 1.92. The molecule has 0 radical (unpaired) electrons. The first kappa shape index (κ1) is 8.87. The van der Waals surface area contributed by atoms with Crippen molar-refractivity contribution in [3.63, 3.8) is 0 Å². The predicted molar refractivity (Wildman–Crippen MR) is 45.3 cm³/mol. The van der Waals surface area contributed by atoms with Crippen LogP contribution in [0.4, 0.5) is 0 Å². The zero-order chi connectivity index (χ0) is 8.97. The minimum Gasteiger partial charge on any atom is -0.508 e. The summed E-state index contributed by atoms with van der Waals surface area (Å²) in [6, 6.07) is 6.38. The third-order valence-electron chi connectivity index (χ3n) is 1.33. The van der Waals surface area contributed by atoms with Crippen molar-refractivity contribution < 1.29 is 14.9 Å². The molecule has 0 bridgehead atoms. The minimum atomic E-state index is -0.473. The minimum absolute atomic E-state index is 0.208. The Labute approximate surface area is 71.2 Å². The number of phenolic OH excluding ortho intramolecular Hbond substituents is 1. The standard InChI is InChI=1S/C9H12O3/c1-7(10)6-12-9-4-2-8(11)3-5-9/h2-5,7,10-11H,6H2,1H3/t7-/m1/s1. The summed E-state index contributed by atoms with van der Waals surface area (Å²) in [4.78, 5) is 0. The molecule has 0 amide bonds. The fraction of sp³-hybridized carbons (Fsp3) is 0.333. The second kappa shape index (κ2) is 3.97. The third-order valence-corrected chi connectivity index (χ3v) is 1.33. The van der Waals surface area contributed by atoms with E-state index in [1.807, 2.05) is 0 Å². The first-order valence-electron chi connectivity index (χ1n) is 3.78. The molecule has 0 aliphatic rings. The van der Waals surface area contributed by atoms with Crippen LogP contribution < -0.4 is 4.74 Å². The van der Waals surface area contributed by atoms with E-state index in [1.165, 1.54) is 12.1 Å². The van der Waals surface area contributed by atoms with Crippen molar-refractivity contribution in [1.29, 1.82) is 0 Å². The van der Waals surface area contributed by atoms with Gasteiger partial charge in [-0.2, -0.15) is 0 Å². The molecule has 0 saturated heterocycles. The number of benzene rings is 1. The molecule has 1 rings (SSSR count). The predicted octanol–water partition coefficient (Wildman–Crippen LogP) is 1.15. The van der Waals surface area contributed by atoms with Crippen molar-refractivity contribution in [3.05, 3.63) is 24.3 Å². The Morgan fingerprint density at radius 3 is 2.42 bits per heavy atom. The maximum Gasteiger partial charge on any atom is 0.119 e. The van der Waals surface area contributed by atoms with Crippen LogP contribution in [0.2, 0.25) is 0 Å². The van der Waals surface area contributed by atoms with Gasteiger partial charge in [-0.3, -0.25) is 0 Å². The molecule has 1 aromatic carbocycles. The molecule has 2 N–H and O–H groups in total. The van der Waals surface area contributed by atoms with Gasteiger partial charge >= 0.3 is 0 Å². The summed E-state index contributed by atoms with van der Waals surface area (Å²) in [5.74, 6) is 0.855. The molecule has 0 saturated carbocycles. The van der Waals surface area contributed by atoms with Gasteiger partial charge in [0.2, 0.25) is 0 Å². The van der Waals surface area contributed by atoms with Crippen LogP contribution in [-0.2, 0) is 0 Å². The van der Waals surface area contributed by atoms with Crippen LogP contribution >= 0.6 is 0 Å². The molecular weight excluding hydrogens is 156 g/mol. The Hall–Kier alpha value is -1.22. The van der Waals surface area contributed by atoms with Crippen LogP contribution in [0, 0.1) is 0 Å². The average molecular weight is 168 g/mol. The molecule has 12 heavy (non-hydrogen) atoms. The van der Waals surface area contributed by atoms with E-state index in [0.29, 0.717) is 5.75 Å². The van der Waals surface area contributed by atoms with Gasteiger partial charge in [0.25, 0.3) is 0 Å². The van der Waals surface area contributed by atoms with Gasteiger partial charge in [-0.25, -0.2) is 0 Å². The Bertz CT molecular complexity index is 228. The first-order chi connectivity index (χ1) is 5.68. The smallest absolute Gasteiger partial charge is 0.119 e. The van der Waals surface area contributed by atoms with Crippen LogP contribution in [0.3, 0.4) is 0 Å². The zero-order valence-corrected chi connectivity index (χ0v) is 6.90. The fourth-order valence-corrected chi connectivity index (χ4v) is 0.759. The van der Waals surface area contributed by atoms with E-state index in [4.69, 9.17) is 14.9 Å². The quantitative estimate of drug-likeness (QED) is 0.711. The summed E-state index contributed by atoms with van der Waals surface area (Å²) >= 11 is 0. The van der Waals surface area contributed by atoms with E-state index >= 15 is 0 Å². The Morgan fingerprint density at radius 2 is 1.92 bits per heavy atom. The van der Waals surface area contributed by atoms with Gasteiger partial charge in [0, 0.05) is 0 Å². The lowest BCUT2D eigenvalue weighted by atomic mass is 10.3. The van der Waals surface area contributed by atoms with Crippen LogP contribution in [-0.4, -0.2) is 22.9 Å². The van der Waals surface area contributed by atoms with E-state index < -0.39 is 6.10 Å². The van der Waals surface area contributed by atoms with Crippen molar-refractivity contribution in [2.45, 2.75) is 13.0 Å². The number of aliphatic hydroxyl groups excluding tert-OH is 1. The van der Waals surface area contributed by atoms with E-state index in [2.05, 4.69) is 0 Å². The number of aromatic hydroxyl groups is 1. The lowest BCUT2D eigenvalue weighted by molar-refractivity contribution is 0.122. The Kier molecular flexibility index (Phi) is 2.94. The van der Waals surface area contributed by atoms with Crippen molar-refractivity contribution in [2.75, 3.05) is 6.61 Å². The molecule has 0 spiro atoms. The van der Waals surface area contributed by atoms with Gasteiger partial charge in [0.15, 0.2) is 0 Å². The topological polar surface area (TPSA) is 49.7 Å². The van der Waals surface area contributed by atoms with Gasteiger partial charge in [-0.05, 0) is 31.2 Å². The first-order valence-corrected chi connectivity index (χ1v) is 3.78. The summed E-state index contributed by atoms with van der Waals surface area (Å²) in [7, 11) is 0. The Morgan fingerprint density at radius 1 is 1.33 bits per heavy atom. The molecule has 0 fully saturated rings. The van der Waals surface area contributed by atoms with Gasteiger partial charge in [0.05, 0.1) is 6.10 Å². The normalized spacial score (nSPS) is 12.5. The van der Waals surface area contributed by atoms with Crippen molar-refractivity contribution in [2.24, 2.45) is 0 Å². The molecule has 0 unspecified atom stereocenters. The lowest BCUT2D eigenvalue weighted by Gasteiger charge is -2.07. The highest BCUT2D eigenvalue weighted by atomic mass is 16.5. The number of aliphatic hydroxyl groups is 1. The van der Waals surface area contributed by atoms with Crippen LogP contribution in [0.5, 0.6) is 11.5 Å². The number of hydrogen-bond acceptors (Lipinski definition) is 3. The van der Waals surface area contributed by atoms with Crippen LogP contribution in [0.15, 0.2) is 24.3 Å². The number of hydrogen-bond donors (Lipinski definition) is 2. The molecule has 3 nitrogen and oxygen atoms in total. The molecule has 1 aromatic rings. The molecule has 66 valence electrons. The van der Waals surface area contributed by atoms with Crippen LogP contribution in [0.1, 0.15) is 6.92 Å². The molecule has 0 aliphatic heterocycles. The SMILES string of the molecule is C[C@@H](O)COc1ccc(O)cc1. The molecule has 1 atom stereocenters. The summed E-state index contributed by atoms with van der Waals surface area (Å²) in [6.07, 6.45) is -0.473. The van der Waals surface area contributed by atoms with Crippen molar-refractivity contribution in [3.8, 4) is 11.5 Å². The molecule has 3 heteroatoms. The van der Waals surface area contributed by atoms with Gasteiger partial charge in [-0.15, -0.1) is 0 Å². The van der Waals surface area contributed by atoms with E-state index in [0.717, 1.165) is 0 Å². The molecule has 0 aromatic heterocycles. The van der Waals surface area contributed by atoms with Gasteiger partial charge in [0.1, 0.15) is 18.1 Å². The molecular formula is C9H12O3.